The molecule has 1 heterocycles. The second kappa shape index (κ2) is 10.5. The van der Waals surface area contributed by atoms with Crippen molar-refractivity contribution < 1.29 is 40.2 Å². The van der Waals surface area contributed by atoms with Crippen molar-refractivity contribution in [2.24, 2.45) is 5.92 Å². The third-order valence-electron chi connectivity index (χ3n) is 6.07. The monoisotopic (exact) mass is 496 g/mol. The summed E-state index contributed by atoms with van der Waals surface area (Å²) in [6, 6.07) is 3.93. The molecule has 0 radical (unpaired) electrons. The number of rotatable bonds is 6. The van der Waals surface area contributed by atoms with Crippen LogP contribution in [0.2, 0.25) is 0 Å². The van der Waals surface area contributed by atoms with Crippen LogP contribution in [0.15, 0.2) is 23.1 Å². The van der Waals surface area contributed by atoms with E-state index in [4.69, 9.17) is 4.74 Å². The van der Waals surface area contributed by atoms with Crippen LogP contribution in [0.1, 0.15) is 25.7 Å². The fourth-order valence-electron chi connectivity index (χ4n) is 4.22. The summed E-state index contributed by atoms with van der Waals surface area (Å²) >= 11 is 0. The minimum absolute atomic E-state index is 0.0260. The zero-order valence-electron chi connectivity index (χ0n) is 18.3. The van der Waals surface area contributed by atoms with Gasteiger partial charge in [0.25, 0.3) is 0 Å². The first-order chi connectivity index (χ1) is 15.4. The molecule has 1 aromatic rings. The Kier molecular flexibility index (Phi) is 8.09. The van der Waals surface area contributed by atoms with Gasteiger partial charge in [0.15, 0.2) is 28.0 Å². The maximum Gasteiger partial charge on any atom is 0.422 e. The molecule has 1 aliphatic heterocycles. The number of sulfone groups is 1. The number of amides is 1. The van der Waals surface area contributed by atoms with Crippen LogP contribution in [0.25, 0.3) is 0 Å². The maximum atomic E-state index is 14.1. The van der Waals surface area contributed by atoms with E-state index in [-0.39, 0.29) is 16.6 Å². The summed E-state index contributed by atoms with van der Waals surface area (Å²) in [5.41, 5.74) is 0. The second-order valence-corrected chi connectivity index (χ2v) is 10.6. The Balaban J connectivity index is 1.39. The molecular weight excluding hydrogens is 468 g/mol. The van der Waals surface area contributed by atoms with E-state index in [1.807, 2.05) is 0 Å². The quantitative estimate of drug-likeness (QED) is 0.562. The number of hydrogen-bond donors (Lipinski definition) is 0. The average Bonchev–Trinajstić information content (AvgIpc) is 2.76. The fourth-order valence-corrected chi connectivity index (χ4v) is 4.85. The van der Waals surface area contributed by atoms with Crippen molar-refractivity contribution in [2.75, 3.05) is 45.6 Å². The minimum atomic E-state index is -4.54. The largest absolute Gasteiger partial charge is 0.490 e. The predicted octanol–water partition coefficient (Wildman–Crippen LogP) is 3.48. The lowest BCUT2D eigenvalue weighted by Crippen LogP contribution is -2.53. The fraction of sp³-hybridized carbons (Fsp3) is 0.667. The molecule has 0 N–H and O–H groups in total. The van der Waals surface area contributed by atoms with Gasteiger partial charge in [0, 0.05) is 38.5 Å². The van der Waals surface area contributed by atoms with E-state index in [1.165, 1.54) is 17.0 Å². The van der Waals surface area contributed by atoms with Crippen molar-refractivity contribution in [3.63, 3.8) is 0 Å². The normalized spacial score (nSPS) is 22.8. The number of ether oxygens (including phenoxy) is 2. The van der Waals surface area contributed by atoms with Crippen LogP contribution in [-0.4, -0.2) is 82.2 Å². The first kappa shape index (κ1) is 25.5. The molecule has 0 spiro atoms. The van der Waals surface area contributed by atoms with E-state index < -0.39 is 34.5 Å². The Labute approximate surface area is 190 Å². The highest BCUT2D eigenvalue weighted by Crippen LogP contribution is 2.30. The Bertz CT molecular complexity index is 925. The van der Waals surface area contributed by atoms with Crippen LogP contribution in [0.5, 0.6) is 5.75 Å². The van der Waals surface area contributed by atoms with Gasteiger partial charge in [-0.3, -0.25) is 4.90 Å². The molecule has 1 amide bonds. The lowest BCUT2D eigenvalue weighted by Gasteiger charge is -2.41. The minimum Gasteiger partial charge on any atom is -0.490 e. The van der Waals surface area contributed by atoms with Crippen molar-refractivity contribution in [3.05, 3.63) is 24.0 Å². The highest BCUT2D eigenvalue weighted by atomic mass is 32.2. The summed E-state index contributed by atoms with van der Waals surface area (Å²) in [5, 5.41) is 0. The highest BCUT2D eigenvalue weighted by molar-refractivity contribution is 7.90. The number of piperazine rings is 1. The second-order valence-electron chi connectivity index (χ2n) is 8.54. The Morgan fingerprint density at radius 2 is 1.73 bits per heavy atom. The van der Waals surface area contributed by atoms with Gasteiger partial charge in [-0.05, 0) is 49.8 Å². The van der Waals surface area contributed by atoms with Gasteiger partial charge in [0.2, 0.25) is 0 Å². The summed E-state index contributed by atoms with van der Waals surface area (Å²) in [4.78, 5) is 15.2. The molecule has 1 aromatic carbocycles. The van der Waals surface area contributed by atoms with E-state index in [2.05, 4.69) is 9.64 Å². The molecule has 0 unspecified atom stereocenters. The smallest absolute Gasteiger partial charge is 0.422 e. The Hall–Kier alpha value is -2.08. The van der Waals surface area contributed by atoms with E-state index >= 15 is 0 Å². The third-order valence-corrected chi connectivity index (χ3v) is 7.18. The molecule has 7 nitrogen and oxygen atoms in total. The van der Waals surface area contributed by atoms with Gasteiger partial charge in [0.05, 0.1) is 11.5 Å². The van der Waals surface area contributed by atoms with Crippen molar-refractivity contribution in [2.45, 2.75) is 42.8 Å². The molecule has 3 rings (SSSR count). The summed E-state index contributed by atoms with van der Waals surface area (Å²) in [6.45, 7) is 0.547. The van der Waals surface area contributed by atoms with E-state index in [1.54, 1.807) is 0 Å². The summed E-state index contributed by atoms with van der Waals surface area (Å²) < 4.78 is 83.6. The number of nitrogens with zero attached hydrogens (tertiary/aromatic N) is 2. The van der Waals surface area contributed by atoms with Crippen LogP contribution in [0, 0.1) is 11.7 Å². The molecule has 0 atom stereocenters. The molecule has 2 fully saturated rings. The zero-order chi connectivity index (χ0) is 24.2. The molecule has 186 valence electrons. The number of alkyl halides is 3. The zero-order valence-corrected chi connectivity index (χ0v) is 19.1. The first-order valence-electron chi connectivity index (χ1n) is 10.8. The average molecular weight is 497 g/mol. The first-order valence-corrected chi connectivity index (χ1v) is 12.7. The molecule has 12 heteroatoms. The number of carbonyl (C=O) groups is 1. The van der Waals surface area contributed by atoms with Gasteiger partial charge in [0.1, 0.15) is 0 Å². The number of hydrogen-bond acceptors (Lipinski definition) is 6. The van der Waals surface area contributed by atoms with Crippen LogP contribution in [-0.2, 0) is 14.6 Å². The molecule has 1 saturated carbocycles. The van der Waals surface area contributed by atoms with Crippen molar-refractivity contribution in [3.8, 4) is 5.75 Å². The molecule has 1 aliphatic carbocycles. The molecule has 33 heavy (non-hydrogen) atoms. The number of halogens is 4. The predicted molar refractivity (Wildman–Crippen MR) is 111 cm³/mol. The maximum absolute atomic E-state index is 14.1. The van der Waals surface area contributed by atoms with Gasteiger partial charge in [-0.25, -0.2) is 17.6 Å². The van der Waals surface area contributed by atoms with Crippen molar-refractivity contribution >= 4 is 15.9 Å². The summed E-state index contributed by atoms with van der Waals surface area (Å²) in [7, 11) is -3.49. The van der Waals surface area contributed by atoms with Gasteiger partial charge in [-0.15, -0.1) is 0 Å². The molecule has 0 bridgehead atoms. The van der Waals surface area contributed by atoms with E-state index in [0.29, 0.717) is 38.8 Å². The Morgan fingerprint density at radius 3 is 2.27 bits per heavy atom. The van der Waals surface area contributed by atoms with Crippen LogP contribution in [0.3, 0.4) is 0 Å². The van der Waals surface area contributed by atoms with Gasteiger partial charge >= 0.3 is 12.3 Å². The molecule has 1 saturated heterocycles. The van der Waals surface area contributed by atoms with Gasteiger partial charge in [-0.1, -0.05) is 0 Å². The van der Waals surface area contributed by atoms with Gasteiger partial charge < -0.3 is 14.4 Å². The summed E-state index contributed by atoms with van der Waals surface area (Å²) in [6.07, 6.45) is -0.900. The molecule has 0 aromatic heterocycles. The van der Waals surface area contributed by atoms with Gasteiger partial charge in [-0.2, -0.15) is 13.2 Å². The Morgan fingerprint density at radius 1 is 1.09 bits per heavy atom. The SMILES string of the molecule is CS(=O)(=O)c1ccc(OCC2CCC(N3CCN(C(=O)OCC(F)(F)F)CC3)CC2)c(F)c1. The topological polar surface area (TPSA) is 76.2 Å². The van der Waals surface area contributed by atoms with Crippen LogP contribution < -0.4 is 4.74 Å². The number of carbonyl (C=O) groups excluding carboxylic acids is 1. The highest BCUT2D eigenvalue weighted by Gasteiger charge is 2.33. The van der Waals surface area contributed by atoms with Crippen LogP contribution in [0.4, 0.5) is 22.4 Å². The van der Waals surface area contributed by atoms with Crippen molar-refractivity contribution in [1.29, 1.82) is 0 Å². The van der Waals surface area contributed by atoms with Crippen LogP contribution >= 0.6 is 0 Å². The van der Waals surface area contributed by atoms with E-state index in [0.717, 1.165) is 38.0 Å². The third kappa shape index (κ3) is 7.46. The standard InChI is InChI=1S/C21H28F4N2O5S/c1-33(29,30)17-6-7-19(18(22)12-17)31-13-15-2-4-16(5-3-15)26-8-10-27(11-9-26)20(28)32-14-21(23,24)25/h6-7,12,15-16H,2-5,8-11,13-14H2,1H3. The van der Waals surface area contributed by atoms with E-state index in [9.17, 15) is 30.8 Å². The number of benzene rings is 1. The molecular formula is C21H28F4N2O5S. The lowest BCUT2D eigenvalue weighted by atomic mass is 9.85. The molecule has 2 aliphatic rings. The van der Waals surface area contributed by atoms with Crippen molar-refractivity contribution in [1.82, 2.24) is 9.80 Å². The lowest BCUT2D eigenvalue weighted by molar-refractivity contribution is -0.162. The summed E-state index contributed by atoms with van der Waals surface area (Å²) in [5.74, 6) is -0.440.